The van der Waals surface area contributed by atoms with E-state index in [0.29, 0.717) is 6.54 Å². The van der Waals surface area contributed by atoms with Crippen LogP contribution in [-0.4, -0.2) is 22.7 Å². The molecule has 26 heavy (non-hydrogen) atoms. The van der Waals surface area contributed by atoms with Crippen LogP contribution >= 0.6 is 0 Å². The van der Waals surface area contributed by atoms with Crippen molar-refractivity contribution in [2.45, 2.75) is 26.4 Å². The van der Waals surface area contributed by atoms with Crippen LogP contribution < -0.4 is 10.2 Å². The molecule has 0 fully saturated rings. The number of aryl methyl sites for hydroxylation is 1. The molecule has 1 atom stereocenters. The standard InChI is InChI=1S/C22H25N3O/c1-16-8-4-5-12-21(16)25(18(3)24-17(2)15-26)14-20-10-6-9-19-11-7-13-23-22(19)20/h4-13,17,24,26H,3,14-15H2,1-2H3. The smallest absolute Gasteiger partial charge is 0.0990 e. The predicted octanol–water partition coefficient (Wildman–Crippen LogP) is 3.99. The topological polar surface area (TPSA) is 48.4 Å². The van der Waals surface area contributed by atoms with Gasteiger partial charge in [-0.2, -0.15) is 0 Å². The summed E-state index contributed by atoms with van der Waals surface area (Å²) >= 11 is 0. The van der Waals surface area contributed by atoms with Crippen LogP contribution in [0.25, 0.3) is 10.9 Å². The summed E-state index contributed by atoms with van der Waals surface area (Å²) in [6.07, 6.45) is 1.82. The number of rotatable bonds is 7. The molecule has 4 nitrogen and oxygen atoms in total. The lowest BCUT2D eigenvalue weighted by molar-refractivity contribution is 0.258. The van der Waals surface area contributed by atoms with Gasteiger partial charge in [-0.3, -0.25) is 4.98 Å². The fourth-order valence-corrected chi connectivity index (χ4v) is 3.07. The van der Waals surface area contributed by atoms with E-state index in [1.54, 1.807) is 0 Å². The molecule has 1 aromatic heterocycles. The quantitative estimate of drug-likeness (QED) is 0.678. The van der Waals surface area contributed by atoms with Gasteiger partial charge in [0.1, 0.15) is 0 Å². The van der Waals surface area contributed by atoms with E-state index in [-0.39, 0.29) is 12.6 Å². The van der Waals surface area contributed by atoms with E-state index < -0.39 is 0 Å². The van der Waals surface area contributed by atoms with Crippen molar-refractivity contribution in [2.75, 3.05) is 11.5 Å². The number of aromatic nitrogens is 1. The first-order valence-electron chi connectivity index (χ1n) is 8.82. The van der Waals surface area contributed by atoms with Crippen LogP contribution in [0.3, 0.4) is 0 Å². The van der Waals surface area contributed by atoms with Gasteiger partial charge < -0.3 is 15.3 Å². The number of hydrogen-bond acceptors (Lipinski definition) is 4. The Balaban J connectivity index is 2.00. The van der Waals surface area contributed by atoms with Gasteiger partial charge in [-0.05, 0) is 37.1 Å². The summed E-state index contributed by atoms with van der Waals surface area (Å²) in [5, 5.41) is 13.8. The summed E-state index contributed by atoms with van der Waals surface area (Å²) < 4.78 is 0. The second-order valence-electron chi connectivity index (χ2n) is 6.54. The average Bonchev–Trinajstić information content (AvgIpc) is 2.66. The van der Waals surface area contributed by atoms with E-state index >= 15 is 0 Å². The highest BCUT2D eigenvalue weighted by Gasteiger charge is 2.16. The molecule has 0 radical (unpaired) electrons. The van der Waals surface area contributed by atoms with Crippen molar-refractivity contribution in [3.63, 3.8) is 0 Å². The second kappa shape index (κ2) is 8.02. The first-order valence-corrected chi connectivity index (χ1v) is 8.82. The zero-order valence-corrected chi connectivity index (χ0v) is 15.3. The number of pyridine rings is 1. The number of hydrogen-bond donors (Lipinski definition) is 2. The first kappa shape index (κ1) is 18.0. The minimum Gasteiger partial charge on any atom is -0.394 e. The van der Waals surface area contributed by atoms with Gasteiger partial charge in [-0.1, -0.05) is 49.0 Å². The normalized spacial score (nSPS) is 12.0. The summed E-state index contributed by atoms with van der Waals surface area (Å²) in [5.41, 5.74) is 4.38. The fourth-order valence-electron chi connectivity index (χ4n) is 3.07. The van der Waals surface area contributed by atoms with Crippen LogP contribution in [0.2, 0.25) is 0 Å². The Bertz CT molecular complexity index is 901. The molecule has 0 aliphatic rings. The third kappa shape index (κ3) is 3.86. The van der Waals surface area contributed by atoms with Gasteiger partial charge in [0.05, 0.1) is 24.5 Å². The van der Waals surface area contributed by atoms with Crippen LogP contribution in [-0.2, 0) is 6.54 Å². The molecule has 4 heteroatoms. The van der Waals surface area contributed by atoms with Crippen molar-refractivity contribution in [3.05, 3.63) is 84.3 Å². The molecule has 134 valence electrons. The predicted molar refractivity (Wildman–Crippen MR) is 108 cm³/mol. The largest absolute Gasteiger partial charge is 0.394 e. The highest BCUT2D eigenvalue weighted by molar-refractivity contribution is 5.82. The molecule has 2 aromatic carbocycles. The van der Waals surface area contributed by atoms with Crippen LogP contribution in [0.4, 0.5) is 5.69 Å². The molecular formula is C22H25N3O. The zero-order chi connectivity index (χ0) is 18.5. The van der Waals surface area contributed by atoms with Crippen LogP contribution in [0.1, 0.15) is 18.1 Å². The molecule has 0 saturated carbocycles. The Labute approximate surface area is 154 Å². The zero-order valence-electron chi connectivity index (χ0n) is 15.3. The van der Waals surface area contributed by atoms with Crippen LogP contribution in [0.15, 0.2) is 73.2 Å². The van der Waals surface area contributed by atoms with E-state index in [9.17, 15) is 5.11 Å². The molecule has 0 aliphatic carbocycles. The summed E-state index contributed by atoms with van der Waals surface area (Å²) in [5.74, 6) is 0.758. The molecule has 3 aromatic rings. The minimum absolute atomic E-state index is 0.0520. The van der Waals surface area contributed by atoms with E-state index in [4.69, 9.17) is 0 Å². The van der Waals surface area contributed by atoms with Gasteiger partial charge in [0.25, 0.3) is 0 Å². The Kier molecular flexibility index (Phi) is 5.54. The van der Waals surface area contributed by atoms with E-state index in [0.717, 1.165) is 28.0 Å². The Hall–Kier alpha value is -2.85. The SMILES string of the molecule is C=C(NC(C)CO)N(Cc1cccc2cccnc12)c1ccccc1C. The van der Waals surface area contributed by atoms with Crippen LogP contribution in [0.5, 0.6) is 0 Å². The maximum atomic E-state index is 9.39. The van der Waals surface area contributed by atoms with Crippen molar-refractivity contribution in [3.8, 4) is 0 Å². The van der Waals surface area contributed by atoms with Crippen molar-refractivity contribution in [2.24, 2.45) is 0 Å². The van der Waals surface area contributed by atoms with Gasteiger partial charge in [-0.15, -0.1) is 0 Å². The highest BCUT2D eigenvalue weighted by atomic mass is 16.3. The molecule has 0 amide bonds. The lowest BCUT2D eigenvalue weighted by atomic mass is 10.1. The van der Waals surface area contributed by atoms with Crippen molar-refractivity contribution >= 4 is 16.6 Å². The lowest BCUT2D eigenvalue weighted by Crippen LogP contribution is -2.37. The monoisotopic (exact) mass is 347 g/mol. The number of aliphatic hydroxyl groups is 1. The third-order valence-electron chi connectivity index (χ3n) is 4.46. The first-order chi connectivity index (χ1) is 12.6. The Morgan fingerprint density at radius 1 is 1.15 bits per heavy atom. The fraction of sp³-hybridized carbons (Fsp3) is 0.227. The van der Waals surface area contributed by atoms with E-state index in [1.165, 1.54) is 5.56 Å². The van der Waals surface area contributed by atoms with Crippen molar-refractivity contribution < 1.29 is 5.11 Å². The summed E-state index contributed by atoms with van der Waals surface area (Å²) in [6, 6.07) is 18.4. The number of fused-ring (bicyclic) bond motifs is 1. The van der Waals surface area contributed by atoms with Gasteiger partial charge in [0.2, 0.25) is 0 Å². The third-order valence-corrected chi connectivity index (χ3v) is 4.46. The minimum atomic E-state index is -0.0698. The summed E-state index contributed by atoms with van der Waals surface area (Å²) in [6.45, 7) is 8.94. The van der Waals surface area contributed by atoms with Gasteiger partial charge >= 0.3 is 0 Å². The summed E-state index contributed by atoms with van der Waals surface area (Å²) in [4.78, 5) is 6.71. The molecule has 1 unspecified atom stereocenters. The number of aliphatic hydroxyl groups excluding tert-OH is 1. The number of nitrogens with zero attached hydrogens (tertiary/aromatic N) is 2. The molecule has 0 spiro atoms. The molecule has 1 heterocycles. The molecule has 0 bridgehead atoms. The molecule has 0 saturated heterocycles. The molecule has 2 N–H and O–H groups in total. The molecule has 0 aliphatic heterocycles. The number of anilines is 1. The maximum absolute atomic E-state index is 9.39. The lowest BCUT2D eigenvalue weighted by Gasteiger charge is -2.31. The average molecular weight is 347 g/mol. The number of nitrogens with one attached hydrogen (secondary N) is 1. The second-order valence-corrected chi connectivity index (χ2v) is 6.54. The Morgan fingerprint density at radius 3 is 2.69 bits per heavy atom. The van der Waals surface area contributed by atoms with Crippen LogP contribution in [0, 0.1) is 6.92 Å². The van der Waals surface area contributed by atoms with Gasteiger partial charge in [0.15, 0.2) is 0 Å². The number of para-hydroxylation sites is 2. The Morgan fingerprint density at radius 2 is 1.92 bits per heavy atom. The maximum Gasteiger partial charge on any atom is 0.0990 e. The van der Waals surface area contributed by atoms with E-state index in [2.05, 4.69) is 65.1 Å². The highest BCUT2D eigenvalue weighted by Crippen LogP contribution is 2.26. The molecule has 3 rings (SSSR count). The number of benzene rings is 2. The van der Waals surface area contributed by atoms with Crippen molar-refractivity contribution in [1.82, 2.24) is 10.3 Å². The van der Waals surface area contributed by atoms with E-state index in [1.807, 2.05) is 31.3 Å². The summed E-state index contributed by atoms with van der Waals surface area (Å²) in [7, 11) is 0. The van der Waals surface area contributed by atoms with Gasteiger partial charge in [0, 0.05) is 23.3 Å². The van der Waals surface area contributed by atoms with Gasteiger partial charge in [-0.25, -0.2) is 0 Å². The molecular weight excluding hydrogens is 322 g/mol. The van der Waals surface area contributed by atoms with Crippen molar-refractivity contribution in [1.29, 1.82) is 0 Å².